The summed E-state index contributed by atoms with van der Waals surface area (Å²) in [5.41, 5.74) is 2.38. The van der Waals surface area contributed by atoms with Gasteiger partial charge in [0.05, 0.1) is 18.9 Å². The van der Waals surface area contributed by atoms with Crippen LogP contribution in [0.1, 0.15) is 11.1 Å². The Balaban J connectivity index is 1.60. The van der Waals surface area contributed by atoms with Gasteiger partial charge in [0, 0.05) is 0 Å². The van der Waals surface area contributed by atoms with E-state index < -0.39 is 0 Å². The molecular weight excluding hydrogens is 248 g/mol. The van der Waals surface area contributed by atoms with Crippen LogP contribution in [0.3, 0.4) is 0 Å². The zero-order valence-electron chi connectivity index (χ0n) is 11.1. The first-order valence-corrected chi connectivity index (χ1v) is 6.63. The highest BCUT2D eigenvalue weighted by atomic mass is 16.5. The summed E-state index contributed by atoms with van der Waals surface area (Å²) in [6.45, 7) is 1.33. The van der Waals surface area contributed by atoms with E-state index in [1.54, 1.807) is 6.20 Å². The van der Waals surface area contributed by atoms with Crippen LogP contribution < -0.4 is 4.74 Å². The molecule has 0 unspecified atom stereocenters. The van der Waals surface area contributed by atoms with Gasteiger partial charge in [0.2, 0.25) is 0 Å². The van der Waals surface area contributed by atoms with Gasteiger partial charge in [0.25, 0.3) is 0 Å². The standard InChI is InChI=1S/C17H16N2O/c1-3-7-15(8-4-1)12-19-13-17(11-18-19)20-14-16-9-5-2-6-10-16/h1-11,13H,12,14H2. The molecule has 3 aromatic rings. The summed E-state index contributed by atoms with van der Waals surface area (Å²) in [4.78, 5) is 0. The molecule has 3 nitrogen and oxygen atoms in total. The second kappa shape index (κ2) is 6.06. The van der Waals surface area contributed by atoms with Gasteiger partial charge in [0.15, 0.2) is 5.75 Å². The molecule has 0 atom stereocenters. The number of nitrogens with zero attached hydrogens (tertiary/aromatic N) is 2. The highest BCUT2D eigenvalue weighted by Gasteiger charge is 2.01. The monoisotopic (exact) mass is 264 g/mol. The summed E-state index contributed by atoms with van der Waals surface area (Å²) in [6.07, 6.45) is 3.68. The average Bonchev–Trinajstić information content (AvgIpc) is 2.95. The molecule has 0 saturated heterocycles. The van der Waals surface area contributed by atoms with E-state index in [1.807, 2.05) is 59.4 Å². The van der Waals surface area contributed by atoms with Crippen LogP contribution in [0.25, 0.3) is 0 Å². The third kappa shape index (κ3) is 3.26. The number of hydrogen-bond donors (Lipinski definition) is 0. The Kier molecular flexibility index (Phi) is 3.78. The minimum atomic E-state index is 0.567. The van der Waals surface area contributed by atoms with Crippen molar-refractivity contribution in [1.82, 2.24) is 9.78 Å². The smallest absolute Gasteiger partial charge is 0.157 e. The molecule has 0 bridgehead atoms. The van der Waals surface area contributed by atoms with Crippen molar-refractivity contribution in [3.8, 4) is 5.75 Å². The zero-order valence-corrected chi connectivity index (χ0v) is 11.1. The van der Waals surface area contributed by atoms with Crippen LogP contribution in [0, 0.1) is 0 Å². The topological polar surface area (TPSA) is 27.1 Å². The highest BCUT2D eigenvalue weighted by Crippen LogP contribution is 2.12. The van der Waals surface area contributed by atoms with Crippen molar-refractivity contribution in [2.24, 2.45) is 0 Å². The second-order valence-corrected chi connectivity index (χ2v) is 4.63. The van der Waals surface area contributed by atoms with Gasteiger partial charge in [-0.15, -0.1) is 0 Å². The number of ether oxygens (including phenoxy) is 1. The lowest BCUT2D eigenvalue weighted by Crippen LogP contribution is -1.99. The predicted molar refractivity (Wildman–Crippen MR) is 78.5 cm³/mol. The first-order chi connectivity index (χ1) is 9.90. The largest absolute Gasteiger partial charge is 0.486 e. The van der Waals surface area contributed by atoms with Crippen molar-refractivity contribution < 1.29 is 4.74 Å². The van der Waals surface area contributed by atoms with Crippen LogP contribution in [0.15, 0.2) is 73.1 Å². The first kappa shape index (κ1) is 12.5. The summed E-state index contributed by atoms with van der Waals surface area (Å²) in [5, 5.41) is 4.32. The van der Waals surface area contributed by atoms with Gasteiger partial charge in [-0.1, -0.05) is 60.7 Å². The molecule has 0 amide bonds. The molecular formula is C17H16N2O. The molecule has 3 heteroatoms. The Morgan fingerprint density at radius 2 is 1.50 bits per heavy atom. The van der Waals surface area contributed by atoms with Crippen LogP contribution >= 0.6 is 0 Å². The quantitative estimate of drug-likeness (QED) is 0.705. The maximum absolute atomic E-state index is 5.73. The van der Waals surface area contributed by atoms with Gasteiger partial charge in [-0.2, -0.15) is 5.10 Å². The molecule has 0 saturated carbocycles. The van der Waals surface area contributed by atoms with E-state index >= 15 is 0 Å². The van der Waals surface area contributed by atoms with E-state index in [4.69, 9.17) is 4.74 Å². The summed E-state index contributed by atoms with van der Waals surface area (Å²) >= 11 is 0. The Morgan fingerprint density at radius 3 is 2.20 bits per heavy atom. The van der Waals surface area contributed by atoms with E-state index in [-0.39, 0.29) is 0 Å². The SMILES string of the molecule is c1ccc(COc2cnn(Cc3ccccc3)c2)cc1. The summed E-state index contributed by atoms with van der Waals surface area (Å²) < 4.78 is 7.61. The molecule has 0 N–H and O–H groups in total. The third-order valence-electron chi connectivity index (χ3n) is 3.05. The lowest BCUT2D eigenvalue weighted by atomic mass is 10.2. The second-order valence-electron chi connectivity index (χ2n) is 4.63. The fourth-order valence-electron chi connectivity index (χ4n) is 2.02. The molecule has 0 aliphatic heterocycles. The molecule has 0 aliphatic carbocycles. The van der Waals surface area contributed by atoms with Crippen LogP contribution in [0.2, 0.25) is 0 Å². The molecule has 2 aromatic carbocycles. The fraction of sp³-hybridized carbons (Fsp3) is 0.118. The van der Waals surface area contributed by atoms with Gasteiger partial charge in [-0.05, 0) is 11.1 Å². The van der Waals surface area contributed by atoms with Crippen molar-refractivity contribution >= 4 is 0 Å². The summed E-state index contributed by atoms with van der Waals surface area (Å²) in [7, 11) is 0. The van der Waals surface area contributed by atoms with Gasteiger partial charge in [0.1, 0.15) is 6.61 Å². The van der Waals surface area contributed by atoms with Crippen molar-refractivity contribution in [3.63, 3.8) is 0 Å². The average molecular weight is 264 g/mol. The third-order valence-corrected chi connectivity index (χ3v) is 3.05. The lowest BCUT2D eigenvalue weighted by molar-refractivity contribution is 0.306. The number of rotatable bonds is 5. The molecule has 0 radical (unpaired) electrons. The number of benzene rings is 2. The van der Waals surface area contributed by atoms with E-state index in [1.165, 1.54) is 5.56 Å². The van der Waals surface area contributed by atoms with Crippen LogP contribution in [0.4, 0.5) is 0 Å². The van der Waals surface area contributed by atoms with Crippen LogP contribution in [-0.2, 0) is 13.2 Å². The highest BCUT2D eigenvalue weighted by molar-refractivity contribution is 5.19. The molecule has 100 valence electrons. The van der Waals surface area contributed by atoms with Gasteiger partial charge in [-0.3, -0.25) is 4.68 Å². The van der Waals surface area contributed by atoms with Crippen LogP contribution in [0.5, 0.6) is 5.75 Å². The molecule has 1 heterocycles. The molecule has 20 heavy (non-hydrogen) atoms. The normalized spacial score (nSPS) is 10.4. The molecule has 3 rings (SSSR count). The fourth-order valence-corrected chi connectivity index (χ4v) is 2.02. The Bertz CT molecular complexity index is 647. The van der Waals surface area contributed by atoms with E-state index in [2.05, 4.69) is 17.2 Å². The zero-order chi connectivity index (χ0) is 13.6. The maximum Gasteiger partial charge on any atom is 0.157 e. The summed E-state index contributed by atoms with van der Waals surface area (Å²) in [5.74, 6) is 0.796. The van der Waals surface area contributed by atoms with Gasteiger partial charge < -0.3 is 4.74 Å². The molecule has 0 aliphatic rings. The van der Waals surface area contributed by atoms with Gasteiger partial charge >= 0.3 is 0 Å². The van der Waals surface area contributed by atoms with E-state index in [0.29, 0.717) is 6.61 Å². The van der Waals surface area contributed by atoms with Crippen molar-refractivity contribution in [2.45, 2.75) is 13.2 Å². The van der Waals surface area contributed by atoms with E-state index in [9.17, 15) is 0 Å². The van der Waals surface area contributed by atoms with Crippen molar-refractivity contribution in [3.05, 3.63) is 84.2 Å². The minimum Gasteiger partial charge on any atom is -0.486 e. The molecule has 0 fully saturated rings. The summed E-state index contributed by atoms with van der Waals surface area (Å²) in [6, 6.07) is 20.4. The lowest BCUT2D eigenvalue weighted by Gasteiger charge is -2.03. The van der Waals surface area contributed by atoms with Crippen molar-refractivity contribution in [1.29, 1.82) is 0 Å². The van der Waals surface area contributed by atoms with Crippen molar-refractivity contribution in [2.75, 3.05) is 0 Å². The predicted octanol–water partition coefficient (Wildman–Crippen LogP) is 3.51. The molecule has 0 spiro atoms. The maximum atomic E-state index is 5.73. The Hall–Kier alpha value is -2.55. The number of aromatic nitrogens is 2. The van der Waals surface area contributed by atoms with Crippen LogP contribution in [-0.4, -0.2) is 9.78 Å². The van der Waals surface area contributed by atoms with Gasteiger partial charge in [-0.25, -0.2) is 0 Å². The first-order valence-electron chi connectivity index (χ1n) is 6.63. The minimum absolute atomic E-state index is 0.567. The molecule has 1 aromatic heterocycles. The Labute approximate surface area is 118 Å². The number of hydrogen-bond acceptors (Lipinski definition) is 2. The Morgan fingerprint density at radius 1 is 0.850 bits per heavy atom. The van der Waals surface area contributed by atoms with E-state index in [0.717, 1.165) is 17.9 Å².